The number of aryl methyl sites for hydroxylation is 2. The predicted octanol–water partition coefficient (Wildman–Crippen LogP) is 6.19. The highest BCUT2D eigenvalue weighted by molar-refractivity contribution is 7.09. The van der Waals surface area contributed by atoms with Gasteiger partial charge in [-0.05, 0) is 103 Å². The molecule has 1 fully saturated rings. The van der Waals surface area contributed by atoms with Gasteiger partial charge >= 0.3 is 0 Å². The zero-order valence-corrected chi connectivity index (χ0v) is 26.3. The monoisotopic (exact) mass is 615 g/mol. The number of aliphatic hydroxyl groups is 2. The molecule has 2 aromatic carbocycles. The molecular weight excluding hydrogens is 574 g/mol. The van der Waals surface area contributed by atoms with Gasteiger partial charge in [0.25, 0.3) is 0 Å². The number of hydrogen-bond donors (Lipinski definition) is 3. The Morgan fingerprint density at radius 2 is 1.82 bits per heavy atom. The van der Waals surface area contributed by atoms with Crippen molar-refractivity contribution in [2.45, 2.75) is 59.1 Å². The van der Waals surface area contributed by atoms with Crippen LogP contribution in [-0.4, -0.2) is 51.4 Å². The van der Waals surface area contributed by atoms with E-state index in [-0.39, 0.29) is 31.6 Å². The number of imide groups is 1. The lowest BCUT2D eigenvalue weighted by atomic mass is 9.68. The van der Waals surface area contributed by atoms with E-state index in [0.29, 0.717) is 36.3 Å². The van der Waals surface area contributed by atoms with Crippen molar-refractivity contribution in [3.8, 4) is 11.5 Å². The van der Waals surface area contributed by atoms with Crippen molar-refractivity contribution in [1.82, 2.24) is 4.90 Å². The van der Waals surface area contributed by atoms with E-state index in [2.05, 4.69) is 13.0 Å². The minimum absolute atomic E-state index is 0.158. The number of phenolic OH excluding ortho intramolecular Hbond substituents is 1. The largest absolute Gasteiger partial charge is 0.507 e. The van der Waals surface area contributed by atoms with Crippen LogP contribution in [0.25, 0.3) is 6.08 Å². The number of carbonyl (C=O) groups is 2. The van der Waals surface area contributed by atoms with Gasteiger partial charge in [-0.3, -0.25) is 14.5 Å². The maximum atomic E-state index is 13.7. The van der Waals surface area contributed by atoms with Gasteiger partial charge in [0.2, 0.25) is 11.8 Å². The summed E-state index contributed by atoms with van der Waals surface area (Å²) in [6.45, 7) is 5.85. The molecule has 1 aliphatic heterocycles. The highest BCUT2D eigenvalue weighted by Gasteiger charge is 2.54. The first-order valence-corrected chi connectivity index (χ1v) is 16.2. The first-order valence-electron chi connectivity index (χ1n) is 15.3. The van der Waals surface area contributed by atoms with Gasteiger partial charge in [-0.15, -0.1) is 11.3 Å². The van der Waals surface area contributed by atoms with E-state index in [0.717, 1.165) is 39.1 Å². The number of ether oxygens (including phenoxy) is 1. The number of carbonyl (C=O) groups excluding carboxylic acids is 2. The maximum Gasteiger partial charge on any atom is 0.234 e. The topological polar surface area (TPSA) is 107 Å². The summed E-state index contributed by atoms with van der Waals surface area (Å²) in [7, 11) is 0. The lowest BCUT2D eigenvalue weighted by Crippen LogP contribution is -2.40. The molecule has 8 heteroatoms. The van der Waals surface area contributed by atoms with E-state index >= 15 is 0 Å². The molecule has 0 unspecified atom stereocenters. The van der Waals surface area contributed by atoms with Crippen LogP contribution in [0.2, 0.25) is 0 Å². The van der Waals surface area contributed by atoms with Crippen LogP contribution in [0.4, 0.5) is 0 Å². The van der Waals surface area contributed by atoms with E-state index in [4.69, 9.17) is 4.74 Å². The fraction of sp³-hybridized carbons (Fsp3) is 0.389. The third-order valence-electron chi connectivity index (χ3n) is 8.96. The number of para-hydroxylation sites is 1. The number of fused-ring (bicyclic) bond motifs is 1. The molecule has 3 N–H and O–H groups in total. The molecule has 3 aromatic rings. The van der Waals surface area contributed by atoms with Gasteiger partial charge in [-0.25, -0.2) is 0 Å². The molecule has 4 atom stereocenters. The maximum absolute atomic E-state index is 13.7. The average molecular weight is 616 g/mol. The number of aromatic hydroxyl groups is 1. The lowest BCUT2D eigenvalue weighted by Gasteiger charge is -2.36. The molecule has 2 amide bonds. The number of rotatable bonds is 12. The summed E-state index contributed by atoms with van der Waals surface area (Å²) in [5.74, 6) is -1.55. The standard InChI is InChI=1S/C36H41NO6S/c1-4-24(17-25-15-22(2)34(40)23(3)16-25)12-13-31(39)32-26(21-43-27-9-6-5-7-10-27)18-29-33(30(32)20-38)36(42)37(35(29)41)19-28-11-8-14-44-28/h5-11,14-17,29-31,33,38-40H,4,12-13,18-21H2,1-3H3/b24-17+/t29-,30+,31-,33-/m1/s1. The van der Waals surface area contributed by atoms with Crippen molar-refractivity contribution in [3.05, 3.63) is 98.3 Å². The molecule has 0 spiro atoms. The van der Waals surface area contributed by atoms with Crippen LogP contribution in [0.5, 0.6) is 11.5 Å². The molecule has 0 bridgehead atoms. The second-order valence-corrected chi connectivity index (χ2v) is 12.9. The Hall–Kier alpha value is -3.72. The predicted molar refractivity (Wildman–Crippen MR) is 172 cm³/mol. The summed E-state index contributed by atoms with van der Waals surface area (Å²) in [5.41, 5.74) is 5.15. The molecule has 2 aliphatic rings. The Labute approximate surface area is 263 Å². The fourth-order valence-corrected chi connectivity index (χ4v) is 7.39. The quantitative estimate of drug-likeness (QED) is 0.166. The van der Waals surface area contributed by atoms with Crippen molar-refractivity contribution < 1.29 is 29.6 Å². The summed E-state index contributed by atoms with van der Waals surface area (Å²) in [5, 5.41) is 34.5. The summed E-state index contributed by atoms with van der Waals surface area (Å²) in [4.78, 5) is 29.6. The Morgan fingerprint density at radius 1 is 1.09 bits per heavy atom. The number of thiophene rings is 1. The van der Waals surface area contributed by atoms with Crippen molar-refractivity contribution in [1.29, 1.82) is 0 Å². The Kier molecular flexibility index (Phi) is 10.0. The first-order chi connectivity index (χ1) is 21.2. The summed E-state index contributed by atoms with van der Waals surface area (Å²) >= 11 is 1.50. The van der Waals surface area contributed by atoms with Gasteiger partial charge in [0.15, 0.2) is 0 Å². The van der Waals surface area contributed by atoms with E-state index in [1.807, 2.05) is 73.8 Å². The van der Waals surface area contributed by atoms with Gasteiger partial charge in [0.05, 0.1) is 31.1 Å². The third kappa shape index (κ3) is 6.67. The van der Waals surface area contributed by atoms with Crippen molar-refractivity contribution in [3.63, 3.8) is 0 Å². The van der Waals surface area contributed by atoms with E-state index in [1.165, 1.54) is 16.2 Å². The van der Waals surface area contributed by atoms with Gasteiger partial charge in [-0.2, -0.15) is 0 Å². The van der Waals surface area contributed by atoms with Crippen molar-refractivity contribution in [2.75, 3.05) is 13.2 Å². The van der Waals surface area contributed by atoms with E-state index in [9.17, 15) is 24.9 Å². The lowest BCUT2D eigenvalue weighted by molar-refractivity contribution is -0.140. The number of allylic oxidation sites excluding steroid dienone is 1. The molecule has 1 saturated heterocycles. The first kappa shape index (κ1) is 31.7. The number of likely N-dealkylation sites (tertiary alicyclic amines) is 1. The zero-order valence-electron chi connectivity index (χ0n) is 25.5. The molecule has 2 heterocycles. The number of phenols is 1. The third-order valence-corrected chi connectivity index (χ3v) is 9.82. The minimum atomic E-state index is -0.921. The van der Waals surface area contributed by atoms with E-state index < -0.39 is 23.9 Å². The van der Waals surface area contributed by atoms with Crippen molar-refractivity contribution in [2.24, 2.45) is 17.8 Å². The molecule has 5 rings (SSSR count). The number of nitrogens with zero attached hydrogens (tertiary/aromatic N) is 1. The van der Waals surface area contributed by atoms with Crippen molar-refractivity contribution >= 4 is 29.2 Å². The summed E-state index contributed by atoms with van der Waals surface area (Å²) in [6, 6.07) is 17.1. The molecular formula is C36H41NO6S. The molecule has 0 saturated carbocycles. The number of aliphatic hydroxyl groups excluding tert-OH is 2. The average Bonchev–Trinajstić information content (AvgIpc) is 3.63. The summed E-state index contributed by atoms with van der Waals surface area (Å²) < 4.78 is 6.11. The zero-order chi connectivity index (χ0) is 31.4. The van der Waals surface area contributed by atoms with Crippen LogP contribution in [0, 0.1) is 31.6 Å². The van der Waals surface area contributed by atoms with Crippen LogP contribution in [-0.2, 0) is 16.1 Å². The van der Waals surface area contributed by atoms with Gasteiger partial charge < -0.3 is 20.1 Å². The molecule has 232 valence electrons. The van der Waals surface area contributed by atoms with Crippen LogP contribution in [0.1, 0.15) is 54.2 Å². The number of amides is 2. The second-order valence-electron chi connectivity index (χ2n) is 11.8. The van der Waals surface area contributed by atoms with E-state index in [1.54, 1.807) is 0 Å². The number of benzene rings is 2. The second kappa shape index (κ2) is 13.9. The molecule has 0 radical (unpaired) electrons. The summed E-state index contributed by atoms with van der Waals surface area (Å²) in [6.07, 6.45) is 3.27. The minimum Gasteiger partial charge on any atom is -0.507 e. The molecule has 1 aromatic heterocycles. The van der Waals surface area contributed by atoms with Crippen LogP contribution >= 0.6 is 11.3 Å². The highest BCUT2D eigenvalue weighted by Crippen LogP contribution is 2.47. The fourth-order valence-electron chi connectivity index (χ4n) is 6.70. The highest BCUT2D eigenvalue weighted by atomic mass is 32.1. The van der Waals surface area contributed by atoms with Gasteiger partial charge in [0, 0.05) is 10.8 Å². The molecule has 44 heavy (non-hydrogen) atoms. The molecule has 1 aliphatic carbocycles. The Balaban J connectivity index is 1.42. The smallest absolute Gasteiger partial charge is 0.234 e. The SMILES string of the molecule is CC/C(=C\c1cc(C)c(O)c(C)c1)CC[C@@H](O)C1=C(COc2ccccc2)C[C@H]2C(=O)N(Cc3cccs3)C(=O)[C@H]2[C@H]1CO. The Bertz CT molecular complexity index is 1520. The van der Waals surface area contributed by atoms with Crippen LogP contribution in [0.15, 0.2) is 76.7 Å². The normalized spacial score (nSPS) is 21.2. The van der Waals surface area contributed by atoms with Gasteiger partial charge in [-0.1, -0.05) is 42.8 Å². The van der Waals surface area contributed by atoms with Crippen LogP contribution < -0.4 is 4.74 Å². The Morgan fingerprint density at radius 3 is 2.45 bits per heavy atom. The van der Waals surface area contributed by atoms with Gasteiger partial charge in [0.1, 0.15) is 18.1 Å². The number of hydrogen-bond acceptors (Lipinski definition) is 7. The van der Waals surface area contributed by atoms with Crippen LogP contribution in [0.3, 0.4) is 0 Å². The molecule has 7 nitrogen and oxygen atoms in total.